The highest BCUT2D eigenvalue weighted by Gasteiger charge is 2.15. The summed E-state index contributed by atoms with van der Waals surface area (Å²) in [5, 5.41) is 17.9. The van der Waals surface area contributed by atoms with Gasteiger partial charge in [0.25, 0.3) is 0 Å². The molecule has 0 heterocycles. The highest BCUT2D eigenvalue weighted by Crippen LogP contribution is 2.11. The van der Waals surface area contributed by atoms with Gasteiger partial charge in [-0.3, -0.25) is 0 Å². The second kappa shape index (κ2) is 8.03. The first-order valence-electron chi connectivity index (χ1n) is 4.84. The number of nitriles is 1. The van der Waals surface area contributed by atoms with E-state index < -0.39 is 0 Å². The molecule has 0 amide bonds. The standard InChI is InChI=1S/C10H19NO2/c1-3-10(13-2)9(12)7-5-4-6-8-11/h9-10,12H,3-7H2,1-2H3. The monoisotopic (exact) mass is 185 g/mol. The summed E-state index contributed by atoms with van der Waals surface area (Å²) in [6.45, 7) is 1.99. The molecule has 13 heavy (non-hydrogen) atoms. The Morgan fingerprint density at radius 1 is 1.46 bits per heavy atom. The highest BCUT2D eigenvalue weighted by atomic mass is 16.5. The Labute approximate surface area is 80.3 Å². The quantitative estimate of drug-likeness (QED) is 0.616. The molecule has 0 spiro atoms. The third-order valence-corrected chi connectivity index (χ3v) is 2.17. The SMILES string of the molecule is CCC(OC)C(O)CCCCC#N. The largest absolute Gasteiger partial charge is 0.390 e. The first kappa shape index (κ1) is 12.4. The fourth-order valence-corrected chi connectivity index (χ4v) is 1.34. The molecule has 1 N–H and O–H groups in total. The summed E-state index contributed by atoms with van der Waals surface area (Å²) < 4.78 is 5.10. The van der Waals surface area contributed by atoms with E-state index in [4.69, 9.17) is 10.00 Å². The van der Waals surface area contributed by atoms with Crippen LogP contribution in [-0.4, -0.2) is 24.4 Å². The lowest BCUT2D eigenvalue weighted by molar-refractivity contribution is -0.0181. The normalized spacial score (nSPS) is 14.9. The molecule has 0 aliphatic heterocycles. The van der Waals surface area contributed by atoms with E-state index in [1.165, 1.54) is 0 Å². The van der Waals surface area contributed by atoms with Crippen LogP contribution >= 0.6 is 0 Å². The van der Waals surface area contributed by atoms with Crippen LogP contribution in [-0.2, 0) is 4.74 Å². The molecule has 3 heteroatoms. The number of ether oxygens (including phenoxy) is 1. The van der Waals surface area contributed by atoms with E-state index in [9.17, 15) is 5.11 Å². The van der Waals surface area contributed by atoms with Crippen LogP contribution in [0.15, 0.2) is 0 Å². The second-order valence-electron chi connectivity index (χ2n) is 3.15. The summed E-state index contributed by atoms with van der Waals surface area (Å²) in [7, 11) is 1.62. The number of methoxy groups -OCH3 is 1. The molecule has 0 bridgehead atoms. The van der Waals surface area contributed by atoms with E-state index in [2.05, 4.69) is 6.07 Å². The first-order chi connectivity index (χ1) is 6.26. The van der Waals surface area contributed by atoms with Gasteiger partial charge in [-0.15, -0.1) is 0 Å². The molecular formula is C10H19NO2. The number of hydrogen-bond acceptors (Lipinski definition) is 3. The topological polar surface area (TPSA) is 53.2 Å². The van der Waals surface area contributed by atoms with Gasteiger partial charge in [-0.05, 0) is 25.7 Å². The van der Waals surface area contributed by atoms with Gasteiger partial charge >= 0.3 is 0 Å². The van der Waals surface area contributed by atoms with Crippen molar-refractivity contribution in [1.82, 2.24) is 0 Å². The molecule has 0 rings (SSSR count). The van der Waals surface area contributed by atoms with E-state index in [0.717, 1.165) is 25.7 Å². The molecule has 0 aromatic carbocycles. The van der Waals surface area contributed by atoms with E-state index in [1.807, 2.05) is 6.92 Å². The third-order valence-electron chi connectivity index (χ3n) is 2.17. The lowest BCUT2D eigenvalue weighted by Gasteiger charge is -2.19. The molecule has 0 fully saturated rings. The average molecular weight is 185 g/mol. The van der Waals surface area contributed by atoms with Gasteiger partial charge in [0, 0.05) is 13.5 Å². The van der Waals surface area contributed by atoms with Crippen LogP contribution < -0.4 is 0 Å². The second-order valence-corrected chi connectivity index (χ2v) is 3.15. The predicted molar refractivity (Wildman–Crippen MR) is 51.2 cm³/mol. The number of unbranched alkanes of at least 4 members (excludes halogenated alkanes) is 2. The number of rotatable bonds is 7. The zero-order valence-corrected chi connectivity index (χ0v) is 8.49. The van der Waals surface area contributed by atoms with Gasteiger partial charge in [0.05, 0.1) is 18.3 Å². The lowest BCUT2D eigenvalue weighted by Crippen LogP contribution is -2.27. The first-order valence-corrected chi connectivity index (χ1v) is 4.84. The zero-order chi connectivity index (χ0) is 10.1. The van der Waals surface area contributed by atoms with Crippen molar-refractivity contribution in [2.45, 2.75) is 51.2 Å². The van der Waals surface area contributed by atoms with Crippen LogP contribution in [0, 0.1) is 11.3 Å². The zero-order valence-electron chi connectivity index (χ0n) is 8.49. The van der Waals surface area contributed by atoms with Gasteiger partial charge in [0.15, 0.2) is 0 Å². The van der Waals surface area contributed by atoms with Crippen molar-refractivity contribution in [1.29, 1.82) is 5.26 Å². The highest BCUT2D eigenvalue weighted by molar-refractivity contribution is 4.71. The average Bonchev–Trinajstić information content (AvgIpc) is 2.14. The Balaban J connectivity index is 3.49. The summed E-state index contributed by atoms with van der Waals surface area (Å²) in [6, 6.07) is 2.09. The van der Waals surface area contributed by atoms with Crippen molar-refractivity contribution >= 4 is 0 Å². The van der Waals surface area contributed by atoms with Gasteiger partial charge in [-0.1, -0.05) is 6.92 Å². The maximum absolute atomic E-state index is 9.60. The van der Waals surface area contributed by atoms with Gasteiger partial charge in [-0.2, -0.15) is 5.26 Å². The van der Waals surface area contributed by atoms with Crippen LogP contribution in [0.3, 0.4) is 0 Å². The van der Waals surface area contributed by atoms with Crippen molar-refractivity contribution in [3.8, 4) is 6.07 Å². The molecule has 0 aliphatic rings. The smallest absolute Gasteiger partial charge is 0.0827 e. The number of hydrogen-bond donors (Lipinski definition) is 1. The molecule has 0 saturated carbocycles. The maximum atomic E-state index is 9.60. The molecule has 76 valence electrons. The van der Waals surface area contributed by atoms with Crippen molar-refractivity contribution in [2.24, 2.45) is 0 Å². The van der Waals surface area contributed by atoms with Crippen LogP contribution in [0.1, 0.15) is 39.0 Å². The third kappa shape index (κ3) is 5.62. The van der Waals surface area contributed by atoms with Crippen molar-refractivity contribution in [3.63, 3.8) is 0 Å². The minimum atomic E-state index is -0.381. The lowest BCUT2D eigenvalue weighted by atomic mass is 10.0. The van der Waals surface area contributed by atoms with E-state index in [0.29, 0.717) is 6.42 Å². The number of aliphatic hydroxyl groups excluding tert-OH is 1. The maximum Gasteiger partial charge on any atom is 0.0827 e. The van der Waals surface area contributed by atoms with Gasteiger partial charge < -0.3 is 9.84 Å². The fraction of sp³-hybridized carbons (Fsp3) is 0.900. The van der Waals surface area contributed by atoms with Crippen LogP contribution in [0.25, 0.3) is 0 Å². The van der Waals surface area contributed by atoms with E-state index in [1.54, 1.807) is 7.11 Å². The fourth-order valence-electron chi connectivity index (χ4n) is 1.34. The van der Waals surface area contributed by atoms with E-state index in [-0.39, 0.29) is 12.2 Å². The predicted octanol–water partition coefficient (Wildman–Crippen LogP) is 1.86. The summed E-state index contributed by atoms with van der Waals surface area (Å²) in [6.07, 6.45) is 3.47. The van der Waals surface area contributed by atoms with Crippen LogP contribution in [0.4, 0.5) is 0 Å². The molecular weight excluding hydrogens is 166 g/mol. The summed E-state index contributed by atoms with van der Waals surface area (Å²) in [5.74, 6) is 0. The molecule has 2 atom stereocenters. The van der Waals surface area contributed by atoms with Crippen molar-refractivity contribution < 1.29 is 9.84 Å². The molecule has 3 nitrogen and oxygen atoms in total. The minimum Gasteiger partial charge on any atom is -0.390 e. The number of aliphatic hydroxyl groups is 1. The summed E-state index contributed by atoms with van der Waals surface area (Å²) in [4.78, 5) is 0. The molecule has 0 aromatic rings. The number of nitrogens with zero attached hydrogens (tertiary/aromatic N) is 1. The van der Waals surface area contributed by atoms with Crippen molar-refractivity contribution in [3.05, 3.63) is 0 Å². The Morgan fingerprint density at radius 3 is 2.62 bits per heavy atom. The van der Waals surface area contributed by atoms with Gasteiger partial charge in [0.1, 0.15) is 0 Å². The molecule has 2 unspecified atom stereocenters. The summed E-state index contributed by atoms with van der Waals surface area (Å²) in [5.41, 5.74) is 0. The Hall–Kier alpha value is -0.590. The molecule has 0 aromatic heterocycles. The molecule has 0 radical (unpaired) electrons. The van der Waals surface area contributed by atoms with Crippen LogP contribution in [0.2, 0.25) is 0 Å². The molecule has 0 saturated heterocycles. The minimum absolute atomic E-state index is 0.0536. The summed E-state index contributed by atoms with van der Waals surface area (Å²) >= 11 is 0. The Kier molecular flexibility index (Phi) is 7.66. The molecule has 0 aliphatic carbocycles. The Morgan fingerprint density at radius 2 is 2.15 bits per heavy atom. The Bertz CT molecular complexity index is 149. The van der Waals surface area contributed by atoms with Gasteiger partial charge in [-0.25, -0.2) is 0 Å². The van der Waals surface area contributed by atoms with Gasteiger partial charge in [0.2, 0.25) is 0 Å². The van der Waals surface area contributed by atoms with Crippen LogP contribution in [0.5, 0.6) is 0 Å². The van der Waals surface area contributed by atoms with Crippen molar-refractivity contribution in [2.75, 3.05) is 7.11 Å². The van der Waals surface area contributed by atoms with E-state index >= 15 is 0 Å².